The van der Waals surface area contributed by atoms with Crippen molar-refractivity contribution >= 4 is 23.4 Å². The van der Waals surface area contributed by atoms with Crippen LogP contribution in [0.15, 0.2) is 24.3 Å². The summed E-state index contributed by atoms with van der Waals surface area (Å²) in [6.45, 7) is 0. The van der Waals surface area contributed by atoms with Gasteiger partial charge in [0.1, 0.15) is 11.6 Å². The second-order valence-electron chi connectivity index (χ2n) is 2.70. The fourth-order valence-electron chi connectivity index (χ4n) is 1.08. The third kappa shape index (κ3) is 2.79. The smallest absolute Gasteiger partial charge is 0.258 e. The normalized spacial score (nSPS) is 10.1. The molecule has 0 saturated carbocycles. The maximum absolute atomic E-state index is 10.6. The molecule has 0 saturated heterocycles. The van der Waals surface area contributed by atoms with Gasteiger partial charge in [0.05, 0.1) is 4.92 Å². The largest absolute Gasteiger partial charge is 0.287 e. The average molecular weight is 223 g/mol. The fraction of sp³-hybridized carbons (Fsp3) is 0.100. The van der Waals surface area contributed by atoms with E-state index < -0.39 is 4.92 Å². The van der Waals surface area contributed by atoms with Crippen LogP contribution in [0.3, 0.4) is 0 Å². The second kappa shape index (κ2) is 5.13. The molecule has 1 aromatic rings. The Balaban J connectivity index is 3.17. The number of rotatable bonds is 3. The molecule has 0 unspecified atom stereocenters. The van der Waals surface area contributed by atoms with Gasteiger partial charge in [-0.15, -0.1) is 11.6 Å². The summed E-state index contributed by atoms with van der Waals surface area (Å²) < 4.78 is 0. The van der Waals surface area contributed by atoms with E-state index in [1.54, 1.807) is 24.3 Å². The highest BCUT2D eigenvalue weighted by atomic mass is 35.5. The highest BCUT2D eigenvalue weighted by Crippen LogP contribution is 2.20. The molecule has 0 N–H and O–H groups in total. The Morgan fingerprint density at radius 2 is 2.33 bits per heavy atom. The molecule has 4 nitrogen and oxygen atoms in total. The van der Waals surface area contributed by atoms with Crippen molar-refractivity contribution < 1.29 is 4.92 Å². The van der Waals surface area contributed by atoms with E-state index in [1.807, 2.05) is 0 Å². The summed E-state index contributed by atoms with van der Waals surface area (Å²) in [6, 6.07) is 6.17. The van der Waals surface area contributed by atoms with Crippen molar-refractivity contribution in [3.05, 3.63) is 45.5 Å². The lowest BCUT2D eigenvalue weighted by atomic mass is 10.1. The molecule has 0 aliphatic carbocycles. The summed E-state index contributed by atoms with van der Waals surface area (Å²) in [4.78, 5) is 10.0. The molecule has 15 heavy (non-hydrogen) atoms. The molecule has 0 aliphatic heterocycles. The number of alkyl halides is 1. The van der Waals surface area contributed by atoms with Crippen molar-refractivity contribution in [1.29, 1.82) is 5.26 Å². The molecule has 0 amide bonds. The van der Waals surface area contributed by atoms with Crippen molar-refractivity contribution in [3.63, 3.8) is 0 Å². The number of nitriles is 1. The van der Waals surface area contributed by atoms with Crippen molar-refractivity contribution in [1.82, 2.24) is 0 Å². The topological polar surface area (TPSA) is 66.9 Å². The van der Waals surface area contributed by atoms with Gasteiger partial charge in [-0.2, -0.15) is 5.26 Å². The molecule has 0 aliphatic rings. The zero-order valence-electron chi connectivity index (χ0n) is 7.68. The second-order valence-corrected chi connectivity index (χ2v) is 3.01. The molecule has 76 valence electrons. The number of nitrogens with zero attached hydrogens (tertiary/aromatic N) is 2. The van der Waals surface area contributed by atoms with Crippen LogP contribution in [-0.4, -0.2) is 10.8 Å². The number of hydrogen-bond donors (Lipinski definition) is 0. The van der Waals surface area contributed by atoms with E-state index in [-0.39, 0.29) is 11.3 Å². The number of hydrogen-bond acceptors (Lipinski definition) is 3. The van der Waals surface area contributed by atoms with Crippen molar-refractivity contribution in [2.45, 2.75) is 0 Å². The quantitative estimate of drug-likeness (QED) is 0.449. The van der Waals surface area contributed by atoms with Gasteiger partial charge in [0.25, 0.3) is 5.69 Å². The number of allylic oxidation sites excluding steroid dienone is 1. The SMILES string of the molecule is N#Cc1ccc(C=CCCl)cc1[N+](=O)[O-]. The van der Waals surface area contributed by atoms with Gasteiger partial charge in [-0.1, -0.05) is 18.2 Å². The Bertz CT molecular complexity index is 449. The minimum absolute atomic E-state index is 0.0584. The first-order valence-electron chi connectivity index (χ1n) is 4.10. The molecule has 0 heterocycles. The first kappa shape index (κ1) is 11.2. The van der Waals surface area contributed by atoms with Crippen LogP contribution in [0.1, 0.15) is 11.1 Å². The minimum Gasteiger partial charge on any atom is -0.258 e. The molecule has 1 aromatic carbocycles. The first-order valence-corrected chi connectivity index (χ1v) is 4.63. The van der Waals surface area contributed by atoms with Gasteiger partial charge >= 0.3 is 0 Å². The van der Waals surface area contributed by atoms with Crippen LogP contribution < -0.4 is 0 Å². The summed E-state index contributed by atoms with van der Waals surface area (Å²) in [6.07, 6.45) is 3.34. The van der Waals surface area contributed by atoms with Crippen LogP contribution in [-0.2, 0) is 0 Å². The molecule has 0 spiro atoms. The predicted molar refractivity (Wildman–Crippen MR) is 57.6 cm³/mol. The third-order valence-electron chi connectivity index (χ3n) is 1.74. The van der Waals surface area contributed by atoms with E-state index in [0.717, 1.165) is 0 Å². The van der Waals surface area contributed by atoms with Crippen LogP contribution in [0.5, 0.6) is 0 Å². The maximum atomic E-state index is 10.6. The van der Waals surface area contributed by atoms with E-state index >= 15 is 0 Å². The van der Waals surface area contributed by atoms with Gasteiger partial charge in [-0.25, -0.2) is 0 Å². The number of benzene rings is 1. The first-order chi connectivity index (χ1) is 7.19. The molecule has 0 fully saturated rings. The minimum atomic E-state index is -0.573. The van der Waals surface area contributed by atoms with E-state index in [0.29, 0.717) is 11.4 Å². The zero-order chi connectivity index (χ0) is 11.3. The highest BCUT2D eigenvalue weighted by Gasteiger charge is 2.12. The fourth-order valence-corrected chi connectivity index (χ4v) is 1.17. The monoisotopic (exact) mass is 222 g/mol. The van der Waals surface area contributed by atoms with Gasteiger partial charge in [0, 0.05) is 11.9 Å². The number of halogens is 1. The van der Waals surface area contributed by atoms with Gasteiger partial charge in [0.15, 0.2) is 0 Å². The lowest BCUT2D eigenvalue weighted by Gasteiger charge is -1.96. The van der Waals surface area contributed by atoms with E-state index in [9.17, 15) is 10.1 Å². The third-order valence-corrected chi connectivity index (χ3v) is 1.92. The van der Waals surface area contributed by atoms with Crippen LogP contribution >= 0.6 is 11.6 Å². The molecular formula is C10H7ClN2O2. The number of nitro benzene ring substituents is 1. The summed E-state index contributed by atoms with van der Waals surface area (Å²) >= 11 is 5.44. The van der Waals surface area contributed by atoms with Gasteiger partial charge < -0.3 is 0 Å². The summed E-state index contributed by atoms with van der Waals surface area (Å²) in [5.74, 6) is 0.341. The van der Waals surface area contributed by atoms with Gasteiger partial charge in [0.2, 0.25) is 0 Å². The van der Waals surface area contributed by atoms with Crippen molar-refractivity contribution in [3.8, 4) is 6.07 Å². The average Bonchev–Trinajstić information content (AvgIpc) is 2.25. The Hall–Kier alpha value is -1.86. The molecule has 0 bridgehead atoms. The maximum Gasteiger partial charge on any atom is 0.287 e. The predicted octanol–water partition coefficient (Wildman–Crippen LogP) is 2.72. The van der Waals surface area contributed by atoms with E-state index in [4.69, 9.17) is 16.9 Å². The summed E-state index contributed by atoms with van der Waals surface area (Å²) in [5, 5.41) is 19.3. The Kier molecular flexibility index (Phi) is 3.83. The molecule has 0 atom stereocenters. The Labute approximate surface area is 91.6 Å². The van der Waals surface area contributed by atoms with E-state index in [1.165, 1.54) is 12.1 Å². The molecule has 5 heteroatoms. The lowest BCUT2D eigenvalue weighted by Crippen LogP contribution is -1.92. The summed E-state index contributed by atoms with van der Waals surface area (Å²) in [7, 11) is 0. The van der Waals surface area contributed by atoms with Gasteiger partial charge in [-0.3, -0.25) is 10.1 Å². The van der Waals surface area contributed by atoms with E-state index in [2.05, 4.69) is 0 Å². The molecule has 0 radical (unpaired) electrons. The molecular weight excluding hydrogens is 216 g/mol. The van der Waals surface area contributed by atoms with Crippen LogP contribution in [0.4, 0.5) is 5.69 Å². The number of nitro groups is 1. The van der Waals surface area contributed by atoms with Crippen molar-refractivity contribution in [2.24, 2.45) is 0 Å². The van der Waals surface area contributed by atoms with Crippen LogP contribution in [0, 0.1) is 21.4 Å². The van der Waals surface area contributed by atoms with Crippen molar-refractivity contribution in [2.75, 3.05) is 5.88 Å². The Morgan fingerprint density at radius 3 is 2.87 bits per heavy atom. The highest BCUT2D eigenvalue weighted by molar-refractivity contribution is 6.19. The van der Waals surface area contributed by atoms with Gasteiger partial charge in [-0.05, 0) is 11.6 Å². The molecule has 1 rings (SSSR count). The zero-order valence-corrected chi connectivity index (χ0v) is 8.44. The Morgan fingerprint density at radius 1 is 1.60 bits per heavy atom. The standard InChI is InChI=1S/C10H7ClN2O2/c11-5-1-2-8-3-4-9(7-12)10(6-8)13(14)15/h1-4,6H,5H2. The van der Waals surface area contributed by atoms with Crippen LogP contribution in [0.2, 0.25) is 0 Å². The summed E-state index contributed by atoms with van der Waals surface area (Å²) in [5.41, 5.74) is 0.526. The van der Waals surface area contributed by atoms with Crippen LogP contribution in [0.25, 0.3) is 6.08 Å². The molecule has 0 aromatic heterocycles. The lowest BCUT2D eigenvalue weighted by molar-refractivity contribution is -0.385.